The molecule has 0 saturated carbocycles. The predicted octanol–water partition coefficient (Wildman–Crippen LogP) is 3.72. The highest BCUT2D eigenvalue weighted by molar-refractivity contribution is 5.97. The van der Waals surface area contributed by atoms with Crippen LogP contribution in [0.4, 0.5) is 4.39 Å². The number of likely N-dealkylation sites (tertiary alicyclic amines) is 1. The van der Waals surface area contributed by atoms with Crippen LogP contribution in [0.1, 0.15) is 23.2 Å². The highest BCUT2D eigenvalue weighted by atomic mass is 19.1. The first-order valence-corrected chi connectivity index (χ1v) is 10.3. The van der Waals surface area contributed by atoms with Gasteiger partial charge in [-0.15, -0.1) is 0 Å². The molecule has 31 heavy (non-hydrogen) atoms. The van der Waals surface area contributed by atoms with Crippen molar-refractivity contribution in [2.45, 2.75) is 19.0 Å². The highest BCUT2D eigenvalue weighted by Crippen LogP contribution is 2.24. The average Bonchev–Trinajstić information content (AvgIpc) is 2.80. The third-order valence-electron chi connectivity index (χ3n) is 5.82. The lowest BCUT2D eigenvalue weighted by Gasteiger charge is -2.29. The summed E-state index contributed by atoms with van der Waals surface area (Å²) < 4.78 is 15.3. The van der Waals surface area contributed by atoms with E-state index in [4.69, 9.17) is 4.98 Å². The van der Waals surface area contributed by atoms with E-state index in [9.17, 15) is 14.0 Å². The van der Waals surface area contributed by atoms with E-state index in [1.807, 2.05) is 18.2 Å². The van der Waals surface area contributed by atoms with Crippen molar-refractivity contribution in [2.75, 3.05) is 13.1 Å². The maximum absolute atomic E-state index is 13.7. The van der Waals surface area contributed by atoms with Crippen LogP contribution in [0.25, 0.3) is 33.1 Å². The number of hydrogen-bond donors (Lipinski definition) is 0. The van der Waals surface area contributed by atoms with Gasteiger partial charge >= 0.3 is 0 Å². The lowest BCUT2D eigenvalue weighted by Crippen LogP contribution is -2.40. The van der Waals surface area contributed by atoms with E-state index in [2.05, 4.69) is 4.98 Å². The minimum atomic E-state index is -0.964. The van der Waals surface area contributed by atoms with Gasteiger partial charge in [-0.05, 0) is 54.6 Å². The van der Waals surface area contributed by atoms with Crippen LogP contribution in [-0.2, 0) is 7.05 Å². The first-order chi connectivity index (χ1) is 15.0. The minimum absolute atomic E-state index is 0.0509. The van der Waals surface area contributed by atoms with E-state index in [0.29, 0.717) is 47.1 Å². The number of carbonyl (C=O) groups is 1. The van der Waals surface area contributed by atoms with Crippen LogP contribution in [-0.4, -0.2) is 44.6 Å². The van der Waals surface area contributed by atoms with E-state index in [1.54, 1.807) is 53.2 Å². The van der Waals surface area contributed by atoms with Gasteiger partial charge in [0.1, 0.15) is 6.17 Å². The van der Waals surface area contributed by atoms with E-state index in [-0.39, 0.29) is 18.0 Å². The molecule has 156 valence electrons. The molecule has 4 aromatic rings. The monoisotopic (exact) mass is 416 g/mol. The van der Waals surface area contributed by atoms with Crippen LogP contribution in [0, 0.1) is 0 Å². The molecule has 3 heterocycles. The maximum Gasteiger partial charge on any atom is 0.258 e. The Morgan fingerprint density at radius 1 is 1.13 bits per heavy atom. The molecule has 1 aliphatic rings. The first-order valence-electron chi connectivity index (χ1n) is 10.3. The number of carbonyl (C=O) groups excluding carboxylic acids is 1. The number of aryl methyl sites for hydroxylation is 1. The number of hydrogen-bond acceptors (Lipinski definition) is 4. The molecule has 1 atom stereocenters. The number of fused-ring (bicyclic) bond motifs is 2. The lowest BCUT2D eigenvalue weighted by atomic mass is 10.1. The molecule has 1 fully saturated rings. The van der Waals surface area contributed by atoms with Gasteiger partial charge in [-0.1, -0.05) is 6.07 Å². The van der Waals surface area contributed by atoms with Gasteiger partial charge in [-0.25, -0.2) is 9.37 Å². The summed E-state index contributed by atoms with van der Waals surface area (Å²) in [5, 5.41) is 1.47. The third-order valence-corrected chi connectivity index (χ3v) is 5.82. The molecule has 0 radical (unpaired) electrons. The molecule has 0 bridgehead atoms. The lowest BCUT2D eigenvalue weighted by molar-refractivity contribution is 0.0636. The summed E-state index contributed by atoms with van der Waals surface area (Å²) in [7, 11) is 1.72. The number of benzene rings is 2. The topological polar surface area (TPSA) is 68.1 Å². The second-order valence-electron chi connectivity index (χ2n) is 7.98. The molecule has 2 aromatic heterocycles. The SMILES string of the molecule is Cn1ccc2cc(-c3cnc4ccc(C(=O)N5CCCC(F)C5)cc4n3)ccc2c1=O. The number of halogens is 1. The Kier molecular flexibility index (Phi) is 4.73. The normalized spacial score (nSPS) is 16.7. The van der Waals surface area contributed by atoms with Crippen LogP contribution < -0.4 is 5.56 Å². The van der Waals surface area contributed by atoms with Gasteiger partial charge in [0.25, 0.3) is 11.5 Å². The first kappa shape index (κ1) is 19.4. The molecule has 0 N–H and O–H groups in total. The second-order valence-corrected chi connectivity index (χ2v) is 7.98. The van der Waals surface area contributed by atoms with Gasteiger partial charge < -0.3 is 9.47 Å². The van der Waals surface area contributed by atoms with Crippen molar-refractivity contribution in [3.05, 3.63) is 70.8 Å². The quantitative estimate of drug-likeness (QED) is 0.499. The van der Waals surface area contributed by atoms with E-state index in [0.717, 1.165) is 10.9 Å². The molecule has 0 aliphatic carbocycles. The zero-order chi connectivity index (χ0) is 21.5. The smallest absolute Gasteiger partial charge is 0.258 e. The summed E-state index contributed by atoms with van der Waals surface area (Å²) in [6.07, 6.45) is 3.64. The number of rotatable bonds is 2. The standard InChI is InChI=1S/C24H21FN4O2/c1-28-10-8-15-11-16(4-6-19(15)24(28)31)22-13-26-20-7-5-17(12-21(20)27-22)23(30)29-9-2-3-18(25)14-29/h4-8,10-13,18H,2-3,9,14H2,1H3. The Balaban J connectivity index is 1.52. The van der Waals surface area contributed by atoms with Crippen molar-refractivity contribution >= 4 is 27.7 Å². The van der Waals surface area contributed by atoms with Crippen LogP contribution in [0.15, 0.2) is 59.7 Å². The summed E-state index contributed by atoms with van der Waals surface area (Å²) in [6, 6.07) is 12.6. The predicted molar refractivity (Wildman–Crippen MR) is 118 cm³/mol. The molecule has 7 heteroatoms. The Labute approximate surface area is 178 Å². The number of amides is 1. The second kappa shape index (κ2) is 7.58. The Bertz CT molecular complexity index is 1380. The van der Waals surface area contributed by atoms with Crippen LogP contribution in [0.3, 0.4) is 0 Å². The van der Waals surface area contributed by atoms with Gasteiger partial charge in [-0.2, -0.15) is 0 Å². The molecule has 1 aliphatic heterocycles. The third kappa shape index (κ3) is 3.56. The molecule has 2 aromatic carbocycles. The van der Waals surface area contributed by atoms with Crippen LogP contribution >= 0.6 is 0 Å². The van der Waals surface area contributed by atoms with E-state index >= 15 is 0 Å². The van der Waals surface area contributed by atoms with Crippen molar-refractivity contribution in [1.82, 2.24) is 19.4 Å². The fourth-order valence-corrected chi connectivity index (χ4v) is 4.08. The zero-order valence-electron chi connectivity index (χ0n) is 17.1. The fourth-order valence-electron chi connectivity index (χ4n) is 4.08. The van der Waals surface area contributed by atoms with Crippen molar-refractivity contribution < 1.29 is 9.18 Å². The summed E-state index contributed by atoms with van der Waals surface area (Å²) in [5.74, 6) is -0.182. The Morgan fingerprint density at radius 3 is 2.84 bits per heavy atom. The highest BCUT2D eigenvalue weighted by Gasteiger charge is 2.24. The van der Waals surface area contributed by atoms with Crippen LogP contribution in [0.2, 0.25) is 0 Å². The molecule has 1 amide bonds. The molecular formula is C24H21FN4O2. The number of pyridine rings is 1. The van der Waals surface area contributed by atoms with E-state index in [1.165, 1.54) is 0 Å². The van der Waals surface area contributed by atoms with Crippen molar-refractivity contribution in [1.29, 1.82) is 0 Å². The Morgan fingerprint density at radius 2 is 2.00 bits per heavy atom. The zero-order valence-corrected chi connectivity index (χ0v) is 17.1. The van der Waals surface area contributed by atoms with Gasteiger partial charge in [0.2, 0.25) is 0 Å². The number of piperidine rings is 1. The molecule has 1 unspecified atom stereocenters. The summed E-state index contributed by atoms with van der Waals surface area (Å²) >= 11 is 0. The fraction of sp³-hybridized carbons (Fsp3) is 0.250. The Hall–Kier alpha value is -3.61. The van der Waals surface area contributed by atoms with Crippen molar-refractivity contribution in [2.24, 2.45) is 7.05 Å². The van der Waals surface area contributed by atoms with Crippen LogP contribution in [0.5, 0.6) is 0 Å². The number of aromatic nitrogens is 3. The molecule has 0 spiro atoms. The van der Waals surface area contributed by atoms with Crippen molar-refractivity contribution in [3.63, 3.8) is 0 Å². The van der Waals surface area contributed by atoms with Gasteiger partial charge in [0, 0.05) is 36.3 Å². The molecule has 5 rings (SSSR count). The largest absolute Gasteiger partial charge is 0.336 e. The number of nitrogens with zero attached hydrogens (tertiary/aromatic N) is 4. The minimum Gasteiger partial charge on any atom is -0.336 e. The summed E-state index contributed by atoms with van der Waals surface area (Å²) in [4.78, 5) is 35.9. The maximum atomic E-state index is 13.7. The van der Waals surface area contributed by atoms with Crippen molar-refractivity contribution in [3.8, 4) is 11.3 Å². The van der Waals surface area contributed by atoms with Gasteiger partial charge in [-0.3, -0.25) is 14.6 Å². The average molecular weight is 416 g/mol. The molecular weight excluding hydrogens is 395 g/mol. The summed E-state index contributed by atoms with van der Waals surface area (Å²) in [6.45, 7) is 0.707. The van der Waals surface area contributed by atoms with Gasteiger partial charge in [0.05, 0.1) is 29.5 Å². The summed E-state index contributed by atoms with van der Waals surface area (Å²) in [5.41, 5.74) is 3.20. The number of alkyl halides is 1. The van der Waals surface area contributed by atoms with Gasteiger partial charge in [0.15, 0.2) is 0 Å². The van der Waals surface area contributed by atoms with E-state index < -0.39 is 6.17 Å². The molecule has 1 saturated heterocycles. The molecule has 6 nitrogen and oxygen atoms in total.